The summed E-state index contributed by atoms with van der Waals surface area (Å²) in [5.41, 5.74) is 2.26. The van der Waals surface area contributed by atoms with E-state index in [2.05, 4.69) is 40.3 Å². The summed E-state index contributed by atoms with van der Waals surface area (Å²) in [5.74, 6) is 0.903. The van der Waals surface area contributed by atoms with E-state index in [4.69, 9.17) is 14.7 Å². The molecular weight excluding hydrogens is 535 g/mol. The zero-order chi connectivity index (χ0) is 27.5. The van der Waals surface area contributed by atoms with Gasteiger partial charge < -0.3 is 9.64 Å². The summed E-state index contributed by atoms with van der Waals surface area (Å²) in [6, 6.07) is 8.35. The monoisotopic (exact) mass is 566 g/mol. The first-order chi connectivity index (χ1) is 18.9. The SMILES string of the molecule is CCOC(=O)CN1CCC(c2cn3c(N(CC)c4nc(-c5ccc(F)cc5)c(C#N)s4)c(CC)nc3s2)CC1. The average molecular weight is 567 g/mol. The van der Waals surface area contributed by atoms with Crippen LogP contribution in [0.2, 0.25) is 0 Å². The van der Waals surface area contributed by atoms with Gasteiger partial charge in [-0.15, -0.1) is 11.3 Å². The second-order valence-electron chi connectivity index (χ2n) is 9.41. The van der Waals surface area contributed by atoms with Crippen LogP contribution in [0.1, 0.15) is 55.0 Å². The van der Waals surface area contributed by atoms with E-state index in [0.29, 0.717) is 46.9 Å². The highest BCUT2D eigenvalue weighted by molar-refractivity contribution is 7.17. The predicted octanol–water partition coefficient (Wildman–Crippen LogP) is 5.99. The van der Waals surface area contributed by atoms with Crippen LogP contribution in [0.5, 0.6) is 0 Å². The van der Waals surface area contributed by atoms with Crippen molar-refractivity contribution >= 4 is 44.6 Å². The Morgan fingerprint density at radius 3 is 2.56 bits per heavy atom. The number of imidazole rings is 1. The Balaban J connectivity index is 1.43. The number of esters is 1. The molecule has 1 aliphatic rings. The number of piperidine rings is 1. The van der Waals surface area contributed by atoms with Gasteiger partial charge in [0, 0.05) is 23.2 Å². The van der Waals surface area contributed by atoms with Crippen molar-refractivity contribution in [1.82, 2.24) is 19.3 Å². The Morgan fingerprint density at radius 1 is 1.18 bits per heavy atom. The van der Waals surface area contributed by atoms with Crippen molar-refractivity contribution in [2.24, 2.45) is 0 Å². The van der Waals surface area contributed by atoms with Gasteiger partial charge in [0.15, 0.2) is 10.1 Å². The predicted molar refractivity (Wildman–Crippen MR) is 152 cm³/mol. The number of thiazole rings is 2. The molecule has 0 atom stereocenters. The number of carbonyl (C=O) groups excluding carboxylic acids is 1. The molecule has 0 saturated carbocycles. The van der Waals surface area contributed by atoms with Crippen molar-refractivity contribution in [3.8, 4) is 17.3 Å². The van der Waals surface area contributed by atoms with E-state index in [9.17, 15) is 14.4 Å². The Bertz CT molecular complexity index is 1490. The van der Waals surface area contributed by atoms with Crippen LogP contribution >= 0.6 is 22.7 Å². The Hall–Kier alpha value is -3.33. The maximum absolute atomic E-state index is 13.5. The number of aryl methyl sites for hydroxylation is 1. The molecule has 0 amide bonds. The molecule has 204 valence electrons. The molecule has 0 spiro atoms. The van der Waals surface area contributed by atoms with Gasteiger partial charge in [-0.3, -0.25) is 14.1 Å². The average Bonchev–Trinajstić information content (AvgIpc) is 3.64. The third-order valence-electron chi connectivity index (χ3n) is 7.01. The molecule has 0 N–H and O–H groups in total. The molecule has 0 aliphatic carbocycles. The van der Waals surface area contributed by atoms with Gasteiger partial charge in [-0.25, -0.2) is 14.4 Å². The van der Waals surface area contributed by atoms with Crippen molar-refractivity contribution in [2.75, 3.05) is 37.7 Å². The van der Waals surface area contributed by atoms with E-state index in [-0.39, 0.29) is 11.8 Å². The summed E-state index contributed by atoms with van der Waals surface area (Å²) in [6.45, 7) is 9.12. The normalized spacial score (nSPS) is 14.5. The number of benzene rings is 1. The first-order valence-electron chi connectivity index (χ1n) is 13.3. The summed E-state index contributed by atoms with van der Waals surface area (Å²) >= 11 is 3.06. The van der Waals surface area contributed by atoms with Gasteiger partial charge in [0.05, 0.1) is 18.8 Å². The summed E-state index contributed by atoms with van der Waals surface area (Å²) in [6.07, 6.45) is 4.93. The van der Waals surface area contributed by atoms with Gasteiger partial charge in [0.25, 0.3) is 0 Å². The number of rotatable bonds is 9. The molecule has 5 rings (SSSR count). The highest BCUT2D eigenvalue weighted by Gasteiger charge is 2.28. The van der Waals surface area contributed by atoms with Crippen LogP contribution in [0.3, 0.4) is 0 Å². The Morgan fingerprint density at radius 2 is 1.92 bits per heavy atom. The number of nitrogens with zero attached hydrogens (tertiary/aromatic N) is 6. The minimum absolute atomic E-state index is 0.161. The van der Waals surface area contributed by atoms with Crippen molar-refractivity contribution in [1.29, 1.82) is 5.26 Å². The van der Waals surface area contributed by atoms with Gasteiger partial charge >= 0.3 is 5.97 Å². The lowest BCUT2D eigenvalue weighted by Crippen LogP contribution is -2.37. The fourth-order valence-corrected chi connectivity index (χ4v) is 7.17. The highest BCUT2D eigenvalue weighted by Crippen LogP contribution is 2.40. The zero-order valence-corrected chi connectivity index (χ0v) is 23.9. The molecule has 4 aromatic rings. The number of ether oxygens (including phenoxy) is 1. The summed E-state index contributed by atoms with van der Waals surface area (Å²) < 4.78 is 20.8. The van der Waals surface area contributed by atoms with Crippen LogP contribution in [0.25, 0.3) is 16.2 Å². The smallest absolute Gasteiger partial charge is 0.320 e. The van der Waals surface area contributed by atoms with Crippen molar-refractivity contribution in [3.05, 3.63) is 51.7 Å². The molecule has 4 heterocycles. The molecule has 3 aromatic heterocycles. The first-order valence-corrected chi connectivity index (χ1v) is 14.9. The quantitative estimate of drug-likeness (QED) is 0.230. The maximum atomic E-state index is 13.5. The highest BCUT2D eigenvalue weighted by atomic mass is 32.1. The second kappa shape index (κ2) is 11.8. The van der Waals surface area contributed by atoms with Crippen LogP contribution in [-0.4, -0.2) is 58.0 Å². The lowest BCUT2D eigenvalue weighted by molar-refractivity contribution is -0.144. The minimum Gasteiger partial charge on any atom is -0.465 e. The fourth-order valence-electron chi connectivity index (χ4n) is 5.05. The fraction of sp³-hybridized carbons (Fsp3) is 0.429. The van der Waals surface area contributed by atoms with E-state index in [1.54, 1.807) is 23.5 Å². The van der Waals surface area contributed by atoms with Crippen LogP contribution in [0, 0.1) is 17.1 Å². The molecule has 11 heteroatoms. The molecule has 0 radical (unpaired) electrons. The maximum Gasteiger partial charge on any atom is 0.320 e. The zero-order valence-electron chi connectivity index (χ0n) is 22.3. The first kappa shape index (κ1) is 27.2. The molecule has 1 aliphatic heterocycles. The summed E-state index contributed by atoms with van der Waals surface area (Å²) in [5, 5.41) is 10.5. The number of halogens is 1. The minimum atomic E-state index is -0.324. The number of hydrogen-bond acceptors (Lipinski definition) is 9. The van der Waals surface area contributed by atoms with Crippen LogP contribution in [-0.2, 0) is 16.0 Å². The van der Waals surface area contributed by atoms with Gasteiger partial charge in [-0.05, 0) is 76.4 Å². The van der Waals surface area contributed by atoms with Gasteiger partial charge in [0.1, 0.15) is 28.3 Å². The van der Waals surface area contributed by atoms with Crippen molar-refractivity contribution in [2.45, 2.75) is 46.0 Å². The summed E-state index contributed by atoms with van der Waals surface area (Å²) in [4.78, 5) is 28.7. The number of hydrogen-bond donors (Lipinski definition) is 0. The van der Waals surface area contributed by atoms with Crippen molar-refractivity contribution in [3.63, 3.8) is 0 Å². The number of aromatic nitrogens is 3. The standard InChI is InChI=1S/C28H31FN6O2S2/c1-4-21-26(34(5-2)28-32-25(22(15-30)38-28)19-7-9-20(29)10-8-19)35-16-23(39-27(35)31-21)18-11-13-33(14-12-18)17-24(36)37-6-3/h7-10,16,18H,4-6,11-14,17H2,1-3H3. The van der Waals surface area contributed by atoms with Gasteiger partial charge in [-0.1, -0.05) is 18.3 Å². The Kier molecular flexibility index (Phi) is 8.26. The molecule has 1 fully saturated rings. The number of carbonyl (C=O) groups is 1. The number of anilines is 2. The van der Waals surface area contributed by atoms with Gasteiger partial charge in [0.2, 0.25) is 0 Å². The largest absolute Gasteiger partial charge is 0.465 e. The Labute approximate surface area is 235 Å². The van der Waals surface area contributed by atoms with Crippen LogP contribution in [0.15, 0.2) is 30.5 Å². The topological polar surface area (TPSA) is 86.8 Å². The third-order valence-corrected chi connectivity index (χ3v) is 9.14. The number of nitriles is 1. The van der Waals surface area contributed by atoms with E-state index in [0.717, 1.165) is 48.8 Å². The van der Waals surface area contributed by atoms with E-state index in [1.807, 2.05) is 6.92 Å². The second-order valence-corrected chi connectivity index (χ2v) is 11.4. The number of fused-ring (bicyclic) bond motifs is 1. The van der Waals surface area contributed by atoms with Crippen molar-refractivity contribution < 1.29 is 13.9 Å². The lowest BCUT2D eigenvalue weighted by atomic mass is 9.96. The van der Waals surface area contributed by atoms with E-state index < -0.39 is 0 Å². The van der Waals surface area contributed by atoms with E-state index >= 15 is 0 Å². The molecule has 8 nitrogen and oxygen atoms in total. The lowest BCUT2D eigenvalue weighted by Gasteiger charge is -2.30. The summed E-state index contributed by atoms with van der Waals surface area (Å²) in [7, 11) is 0. The van der Waals surface area contributed by atoms with Gasteiger partial charge in [-0.2, -0.15) is 5.26 Å². The van der Waals surface area contributed by atoms with E-state index in [1.165, 1.54) is 28.3 Å². The van der Waals surface area contributed by atoms with Crippen LogP contribution in [0.4, 0.5) is 15.3 Å². The molecule has 39 heavy (non-hydrogen) atoms. The molecule has 0 unspecified atom stereocenters. The molecule has 0 bridgehead atoms. The molecular formula is C28H31FN6O2S2. The molecule has 1 saturated heterocycles. The van der Waals surface area contributed by atoms with Crippen LogP contribution < -0.4 is 4.90 Å². The third kappa shape index (κ3) is 5.55. The molecule has 1 aromatic carbocycles. The number of likely N-dealkylation sites (tertiary alicyclic amines) is 1.